The van der Waals surface area contributed by atoms with Crippen molar-refractivity contribution in [3.05, 3.63) is 64.5 Å². The maximum Gasteiger partial charge on any atom is 0.275 e. The number of amides is 2. The number of carbonyl (C=O) groups is 3. The summed E-state index contributed by atoms with van der Waals surface area (Å²) >= 11 is 0. The molecule has 41 heavy (non-hydrogen) atoms. The fraction of sp³-hybridized carbons (Fsp3) is 0.444. The highest BCUT2D eigenvalue weighted by atomic mass is 19.1. The third-order valence-electron chi connectivity index (χ3n) is 7.49. The molecule has 2 amide bonds. The summed E-state index contributed by atoms with van der Waals surface area (Å²) in [4.78, 5) is 40.5. The minimum Gasteiger partial charge on any atom is -0.394 e. The number of nitrogens with one attached hydrogen (secondary N) is 2. The Labute approximate surface area is 237 Å². The Bertz CT molecular complexity index is 1330. The van der Waals surface area contributed by atoms with Gasteiger partial charge in [0.1, 0.15) is 25.3 Å². The largest absolute Gasteiger partial charge is 0.394 e. The first kappa shape index (κ1) is 30.6. The van der Waals surface area contributed by atoms with Crippen LogP contribution in [-0.4, -0.2) is 107 Å². The first-order valence-electron chi connectivity index (χ1n) is 12.9. The smallest absolute Gasteiger partial charge is 0.275 e. The zero-order chi connectivity index (χ0) is 30.2. The van der Waals surface area contributed by atoms with Crippen molar-refractivity contribution >= 4 is 31.6 Å². The van der Waals surface area contributed by atoms with E-state index in [9.17, 15) is 34.8 Å². The number of benzene rings is 2. The van der Waals surface area contributed by atoms with Crippen molar-refractivity contribution in [2.24, 2.45) is 0 Å². The summed E-state index contributed by atoms with van der Waals surface area (Å²) in [5, 5.41) is 47.8. The van der Waals surface area contributed by atoms with Crippen molar-refractivity contribution in [1.82, 2.24) is 15.1 Å². The molecule has 1 fully saturated rings. The number of carbonyl (C=O) groups excluding carboxylic acids is 3. The first-order chi connectivity index (χ1) is 19.2. The van der Waals surface area contributed by atoms with E-state index < -0.39 is 46.2 Å². The molecule has 12 nitrogen and oxygen atoms in total. The van der Waals surface area contributed by atoms with E-state index in [-0.39, 0.29) is 29.6 Å². The Morgan fingerprint density at radius 2 is 1.88 bits per heavy atom. The molecule has 218 valence electrons. The van der Waals surface area contributed by atoms with E-state index in [0.717, 1.165) is 11.8 Å². The van der Waals surface area contributed by atoms with Gasteiger partial charge in [0.15, 0.2) is 6.29 Å². The Morgan fingerprint density at radius 3 is 2.49 bits per heavy atom. The van der Waals surface area contributed by atoms with Crippen LogP contribution in [0.4, 0.5) is 10.1 Å². The Hall–Kier alpha value is -3.40. The molecule has 4 rings (SSSR count). The van der Waals surface area contributed by atoms with Gasteiger partial charge in [-0.2, -0.15) is 0 Å². The molecule has 2 aromatic rings. The minimum absolute atomic E-state index is 0.0125. The van der Waals surface area contributed by atoms with E-state index in [0.29, 0.717) is 38.4 Å². The number of halogens is 1. The van der Waals surface area contributed by atoms with Gasteiger partial charge < -0.3 is 45.5 Å². The molecular weight excluding hydrogens is 538 g/mol. The van der Waals surface area contributed by atoms with Crippen molar-refractivity contribution in [2.75, 3.05) is 38.7 Å². The molecule has 0 bridgehead atoms. The van der Waals surface area contributed by atoms with Gasteiger partial charge in [0.2, 0.25) is 5.91 Å². The van der Waals surface area contributed by atoms with E-state index in [4.69, 9.17) is 12.6 Å². The summed E-state index contributed by atoms with van der Waals surface area (Å²) in [6.45, 7) is 3.50. The van der Waals surface area contributed by atoms with Crippen LogP contribution in [0.15, 0.2) is 36.4 Å². The van der Waals surface area contributed by atoms with Crippen LogP contribution >= 0.6 is 0 Å². The van der Waals surface area contributed by atoms with E-state index in [2.05, 4.69) is 15.5 Å². The normalized spacial score (nSPS) is 19.6. The number of hydrogen-bond acceptors (Lipinski definition) is 10. The summed E-state index contributed by atoms with van der Waals surface area (Å²) < 4.78 is 20.4. The average molecular weight is 570 g/mol. The van der Waals surface area contributed by atoms with Crippen LogP contribution in [-0.2, 0) is 33.3 Å². The Kier molecular flexibility index (Phi) is 8.55. The van der Waals surface area contributed by atoms with E-state index >= 15 is 4.39 Å². The van der Waals surface area contributed by atoms with Gasteiger partial charge in [-0.3, -0.25) is 14.5 Å². The number of morpholine rings is 1. The van der Waals surface area contributed by atoms with E-state index in [1.165, 1.54) is 37.4 Å². The SMILES string of the molecule is [B]C(O)(C(C(=O)NC)N1Cc2c(NC(O)(O)c3ccc(CN4CCOCC4)cc3F)cccc2C1=O)C(C)(O)C=O. The van der Waals surface area contributed by atoms with Gasteiger partial charge in [0, 0.05) is 50.0 Å². The molecule has 0 aliphatic carbocycles. The first-order valence-corrected chi connectivity index (χ1v) is 12.9. The maximum atomic E-state index is 15.1. The zero-order valence-electron chi connectivity index (χ0n) is 22.6. The van der Waals surface area contributed by atoms with Crippen LogP contribution < -0.4 is 10.6 Å². The summed E-state index contributed by atoms with van der Waals surface area (Å²) in [6.07, 6.45) is -0.0454. The Morgan fingerprint density at radius 1 is 1.20 bits per heavy atom. The molecule has 3 atom stereocenters. The molecule has 2 radical (unpaired) electrons. The summed E-state index contributed by atoms with van der Waals surface area (Å²) in [5.41, 5.74) is -5.18. The summed E-state index contributed by atoms with van der Waals surface area (Å²) in [6, 6.07) is 6.34. The van der Waals surface area contributed by atoms with Crippen molar-refractivity contribution < 1.29 is 43.9 Å². The summed E-state index contributed by atoms with van der Waals surface area (Å²) in [5.74, 6) is -5.54. The number of aliphatic hydroxyl groups is 4. The highest BCUT2D eigenvalue weighted by Gasteiger charge is 2.55. The van der Waals surface area contributed by atoms with Crippen LogP contribution in [0.25, 0.3) is 0 Å². The van der Waals surface area contributed by atoms with Gasteiger partial charge in [-0.15, -0.1) is 0 Å². The maximum absolute atomic E-state index is 15.1. The monoisotopic (exact) mass is 570 g/mol. The molecule has 6 N–H and O–H groups in total. The molecular formula is C27H32BFN4O8. The number of anilines is 1. The lowest BCUT2D eigenvalue weighted by Crippen LogP contribution is -2.69. The number of likely N-dealkylation sites (N-methyl/N-ethyl adjacent to an activating group) is 1. The summed E-state index contributed by atoms with van der Waals surface area (Å²) in [7, 11) is 7.10. The fourth-order valence-electron chi connectivity index (χ4n) is 4.98. The molecule has 14 heteroatoms. The lowest BCUT2D eigenvalue weighted by Gasteiger charge is -2.44. The van der Waals surface area contributed by atoms with Gasteiger partial charge in [0.25, 0.3) is 11.8 Å². The second-order valence-corrected chi connectivity index (χ2v) is 10.4. The van der Waals surface area contributed by atoms with Crippen molar-refractivity contribution in [3.63, 3.8) is 0 Å². The van der Waals surface area contributed by atoms with Crippen LogP contribution in [0, 0.1) is 5.82 Å². The molecule has 0 saturated carbocycles. The van der Waals surface area contributed by atoms with Gasteiger partial charge >= 0.3 is 0 Å². The van der Waals surface area contributed by atoms with Gasteiger partial charge in [0.05, 0.1) is 24.3 Å². The molecule has 1 saturated heterocycles. The van der Waals surface area contributed by atoms with E-state index in [1.54, 1.807) is 6.07 Å². The third kappa shape index (κ3) is 5.84. The van der Waals surface area contributed by atoms with Crippen molar-refractivity contribution in [2.45, 2.75) is 43.1 Å². The van der Waals surface area contributed by atoms with Crippen molar-refractivity contribution in [3.8, 4) is 0 Å². The van der Waals surface area contributed by atoms with E-state index in [1.807, 2.05) is 0 Å². The van der Waals surface area contributed by atoms with Gasteiger partial charge in [-0.05, 0) is 36.8 Å². The predicted octanol–water partition coefficient (Wildman–Crippen LogP) is -1.26. The van der Waals surface area contributed by atoms with Gasteiger partial charge in [-0.1, -0.05) is 12.1 Å². The third-order valence-corrected chi connectivity index (χ3v) is 7.49. The highest BCUT2D eigenvalue weighted by molar-refractivity contribution is 6.20. The number of nitrogens with zero attached hydrogens (tertiary/aromatic N) is 2. The predicted molar refractivity (Wildman–Crippen MR) is 144 cm³/mol. The highest BCUT2D eigenvalue weighted by Crippen LogP contribution is 2.37. The lowest BCUT2D eigenvalue weighted by atomic mass is 9.64. The molecule has 3 unspecified atom stereocenters. The molecule has 2 aliphatic heterocycles. The lowest BCUT2D eigenvalue weighted by molar-refractivity contribution is -0.157. The van der Waals surface area contributed by atoms with Crippen LogP contribution in [0.3, 0.4) is 0 Å². The number of ether oxygens (including phenoxy) is 1. The number of aldehydes is 1. The molecule has 0 aromatic heterocycles. The number of rotatable bonds is 10. The molecule has 2 heterocycles. The van der Waals surface area contributed by atoms with Crippen LogP contribution in [0.5, 0.6) is 0 Å². The molecule has 2 aromatic carbocycles. The average Bonchev–Trinajstić information content (AvgIpc) is 3.25. The minimum atomic E-state index is -2.91. The fourth-order valence-corrected chi connectivity index (χ4v) is 4.98. The quantitative estimate of drug-likeness (QED) is 0.115. The second kappa shape index (κ2) is 11.5. The molecule has 2 aliphatic rings. The second-order valence-electron chi connectivity index (χ2n) is 10.4. The van der Waals surface area contributed by atoms with Crippen LogP contribution in [0.1, 0.15) is 34.0 Å². The number of hydrogen-bond donors (Lipinski definition) is 6. The standard InChI is InChI=1S/C27H32BFN4O8/c1-25(37,15-34)26(28,38)22(23(35)30-2)33-14-18-17(24(33)36)4-3-5-21(18)31-27(39,40)19-7-6-16(12-20(19)29)13-32-8-10-41-11-9-32/h3-7,12,15,22,31,37-40H,8-11,13-14H2,1-2H3,(H,30,35). The zero-order valence-corrected chi connectivity index (χ0v) is 22.6. The number of fused-ring (bicyclic) bond motifs is 1. The topological polar surface area (TPSA) is 172 Å². The van der Waals surface area contributed by atoms with Gasteiger partial charge in [-0.25, -0.2) is 4.39 Å². The Balaban J connectivity index is 1.61. The van der Waals surface area contributed by atoms with Crippen LogP contribution in [0.2, 0.25) is 0 Å². The van der Waals surface area contributed by atoms with Crippen molar-refractivity contribution in [1.29, 1.82) is 0 Å². The molecule has 0 spiro atoms.